The Morgan fingerprint density at radius 2 is 2.10 bits per heavy atom. The van der Waals surface area contributed by atoms with Crippen LogP contribution in [0.1, 0.15) is 6.42 Å². The van der Waals surface area contributed by atoms with Crippen LogP contribution in [0.3, 0.4) is 0 Å². The summed E-state index contributed by atoms with van der Waals surface area (Å²) in [7, 11) is 0. The molecule has 1 heterocycles. The smallest absolute Gasteiger partial charge is 0.305 e. The number of nitrogens with two attached hydrogens (primary N) is 1. The SMILES string of the molecule is Nc1nc(I)cc(N(CCC(=O)O)c2ccccc2Cl)n1. The van der Waals surface area contributed by atoms with Gasteiger partial charge in [-0.15, -0.1) is 0 Å². The number of carbonyl (C=O) groups is 1. The van der Waals surface area contributed by atoms with Gasteiger partial charge in [0.05, 0.1) is 17.1 Å². The fourth-order valence-corrected chi connectivity index (χ4v) is 2.56. The van der Waals surface area contributed by atoms with Crippen LogP contribution in [0.5, 0.6) is 0 Å². The molecule has 21 heavy (non-hydrogen) atoms. The van der Waals surface area contributed by atoms with Crippen molar-refractivity contribution in [2.45, 2.75) is 6.42 Å². The second-order valence-corrected chi connectivity index (χ2v) is 5.67. The largest absolute Gasteiger partial charge is 0.481 e. The number of nitrogen functional groups attached to an aromatic ring is 1. The fraction of sp³-hybridized carbons (Fsp3) is 0.154. The van der Waals surface area contributed by atoms with Gasteiger partial charge in [0.25, 0.3) is 0 Å². The van der Waals surface area contributed by atoms with Crippen molar-refractivity contribution in [3.8, 4) is 0 Å². The van der Waals surface area contributed by atoms with Crippen molar-refractivity contribution in [3.05, 3.63) is 39.1 Å². The van der Waals surface area contributed by atoms with Crippen molar-refractivity contribution in [1.29, 1.82) is 0 Å². The van der Waals surface area contributed by atoms with Gasteiger partial charge in [0.1, 0.15) is 9.52 Å². The van der Waals surface area contributed by atoms with Crippen molar-refractivity contribution in [2.24, 2.45) is 0 Å². The van der Waals surface area contributed by atoms with E-state index in [2.05, 4.69) is 9.97 Å². The number of nitrogens with zero attached hydrogens (tertiary/aromatic N) is 3. The summed E-state index contributed by atoms with van der Waals surface area (Å²) in [4.78, 5) is 20.8. The Hall–Kier alpha value is -1.61. The maximum Gasteiger partial charge on any atom is 0.305 e. The van der Waals surface area contributed by atoms with Crippen LogP contribution in [0.4, 0.5) is 17.5 Å². The highest BCUT2D eigenvalue weighted by Gasteiger charge is 2.16. The number of para-hydroxylation sites is 1. The van der Waals surface area contributed by atoms with E-state index in [9.17, 15) is 4.79 Å². The lowest BCUT2D eigenvalue weighted by Crippen LogP contribution is -2.23. The molecule has 0 aliphatic rings. The van der Waals surface area contributed by atoms with Gasteiger partial charge in [-0.05, 0) is 34.7 Å². The third-order valence-corrected chi connectivity index (χ3v) is 3.54. The minimum absolute atomic E-state index is 0.0499. The molecule has 0 spiro atoms. The molecule has 3 N–H and O–H groups in total. The lowest BCUT2D eigenvalue weighted by atomic mass is 10.2. The minimum atomic E-state index is -0.899. The predicted octanol–water partition coefficient (Wildman–Crippen LogP) is 2.93. The topological polar surface area (TPSA) is 92.3 Å². The highest BCUT2D eigenvalue weighted by Crippen LogP contribution is 2.31. The van der Waals surface area contributed by atoms with Crippen LogP contribution in [-0.2, 0) is 4.79 Å². The molecule has 2 aromatic rings. The molecule has 0 saturated carbocycles. The molecular formula is C13H12ClIN4O2. The predicted molar refractivity (Wildman–Crippen MR) is 89.9 cm³/mol. The van der Waals surface area contributed by atoms with E-state index in [0.717, 1.165) is 0 Å². The molecule has 6 nitrogen and oxygen atoms in total. The number of anilines is 3. The van der Waals surface area contributed by atoms with E-state index in [-0.39, 0.29) is 18.9 Å². The normalized spacial score (nSPS) is 10.4. The number of hydrogen-bond acceptors (Lipinski definition) is 5. The quantitative estimate of drug-likeness (QED) is 0.573. The van der Waals surface area contributed by atoms with Crippen molar-refractivity contribution in [1.82, 2.24) is 9.97 Å². The Bertz CT molecular complexity index is 648. The van der Waals surface area contributed by atoms with Crippen molar-refractivity contribution < 1.29 is 9.90 Å². The summed E-state index contributed by atoms with van der Waals surface area (Å²) in [6.07, 6.45) is -0.0499. The zero-order chi connectivity index (χ0) is 15.4. The lowest BCUT2D eigenvalue weighted by molar-refractivity contribution is -0.136. The summed E-state index contributed by atoms with van der Waals surface area (Å²) in [5.41, 5.74) is 6.34. The number of carboxylic acid groups (broad SMARTS) is 1. The van der Waals surface area contributed by atoms with E-state index in [1.54, 1.807) is 29.2 Å². The maximum atomic E-state index is 10.9. The Kier molecular flexibility index (Phi) is 5.18. The highest BCUT2D eigenvalue weighted by atomic mass is 127. The monoisotopic (exact) mass is 418 g/mol. The average molecular weight is 419 g/mol. The van der Waals surface area contributed by atoms with Crippen LogP contribution < -0.4 is 10.6 Å². The number of aliphatic carboxylic acids is 1. The maximum absolute atomic E-state index is 10.9. The van der Waals surface area contributed by atoms with Gasteiger partial charge < -0.3 is 15.7 Å². The Morgan fingerprint density at radius 1 is 1.38 bits per heavy atom. The molecule has 0 aliphatic heterocycles. The molecule has 0 aliphatic carbocycles. The summed E-state index contributed by atoms with van der Waals surface area (Å²) < 4.78 is 0.669. The summed E-state index contributed by atoms with van der Waals surface area (Å²) >= 11 is 8.23. The number of hydrogen-bond donors (Lipinski definition) is 2. The molecule has 0 radical (unpaired) electrons. The molecule has 0 saturated heterocycles. The van der Waals surface area contributed by atoms with E-state index in [0.29, 0.717) is 20.2 Å². The molecule has 0 fully saturated rings. The molecule has 1 aromatic heterocycles. The molecule has 0 atom stereocenters. The Labute approximate surface area is 140 Å². The van der Waals surface area contributed by atoms with Gasteiger partial charge in [-0.2, -0.15) is 4.98 Å². The third-order valence-electron chi connectivity index (χ3n) is 2.67. The van der Waals surface area contributed by atoms with Gasteiger partial charge in [-0.1, -0.05) is 23.7 Å². The van der Waals surface area contributed by atoms with E-state index in [4.69, 9.17) is 22.4 Å². The third kappa shape index (κ3) is 4.18. The van der Waals surface area contributed by atoms with Gasteiger partial charge in [0.2, 0.25) is 5.95 Å². The van der Waals surface area contributed by atoms with Gasteiger partial charge in [-0.25, -0.2) is 4.98 Å². The lowest BCUT2D eigenvalue weighted by Gasteiger charge is -2.24. The van der Waals surface area contributed by atoms with Crippen LogP contribution in [-0.4, -0.2) is 27.6 Å². The van der Waals surface area contributed by atoms with Gasteiger partial charge in [-0.3, -0.25) is 4.79 Å². The second kappa shape index (κ2) is 6.90. The molecule has 1 aromatic carbocycles. The van der Waals surface area contributed by atoms with E-state index in [1.807, 2.05) is 28.7 Å². The summed E-state index contributed by atoms with van der Waals surface area (Å²) in [5.74, 6) is -0.255. The Morgan fingerprint density at radius 3 is 2.71 bits per heavy atom. The number of benzene rings is 1. The summed E-state index contributed by atoms with van der Waals surface area (Å²) in [6.45, 7) is 0.228. The van der Waals surface area contributed by atoms with Crippen LogP contribution in [0.25, 0.3) is 0 Å². The first-order valence-corrected chi connectivity index (χ1v) is 7.47. The van der Waals surface area contributed by atoms with Crippen LogP contribution in [0, 0.1) is 3.70 Å². The standard InChI is InChI=1S/C13H12ClIN4O2/c14-8-3-1-2-4-9(8)19(6-5-12(20)21)11-7-10(15)17-13(16)18-11/h1-4,7H,5-6H2,(H,20,21)(H2,16,17,18). The molecule has 8 heteroatoms. The Balaban J connectivity index is 2.45. The number of halogens is 2. The van der Waals surface area contributed by atoms with Crippen LogP contribution >= 0.6 is 34.2 Å². The summed E-state index contributed by atoms with van der Waals surface area (Å²) in [6, 6.07) is 8.89. The van der Waals surface area contributed by atoms with Gasteiger partial charge >= 0.3 is 5.97 Å². The van der Waals surface area contributed by atoms with Crippen molar-refractivity contribution >= 4 is 57.6 Å². The number of aromatic nitrogens is 2. The second-order valence-electron chi connectivity index (χ2n) is 4.15. The fourth-order valence-electron chi connectivity index (χ4n) is 1.80. The molecule has 0 bridgehead atoms. The average Bonchev–Trinajstić information content (AvgIpc) is 2.39. The van der Waals surface area contributed by atoms with Crippen LogP contribution in [0.2, 0.25) is 5.02 Å². The number of carboxylic acids is 1. The molecule has 0 amide bonds. The first-order valence-electron chi connectivity index (χ1n) is 6.01. The van der Waals surface area contributed by atoms with Gasteiger partial charge in [0.15, 0.2) is 0 Å². The molecular weight excluding hydrogens is 407 g/mol. The van der Waals surface area contributed by atoms with E-state index in [1.165, 1.54) is 0 Å². The van der Waals surface area contributed by atoms with E-state index >= 15 is 0 Å². The van der Waals surface area contributed by atoms with Gasteiger partial charge in [0, 0.05) is 12.6 Å². The minimum Gasteiger partial charge on any atom is -0.481 e. The zero-order valence-corrected chi connectivity index (χ0v) is 13.7. The summed E-state index contributed by atoms with van der Waals surface area (Å²) in [5, 5.41) is 9.43. The van der Waals surface area contributed by atoms with E-state index < -0.39 is 5.97 Å². The first kappa shape index (κ1) is 15.8. The first-order chi connectivity index (χ1) is 9.97. The zero-order valence-electron chi connectivity index (χ0n) is 10.8. The van der Waals surface area contributed by atoms with Crippen molar-refractivity contribution in [2.75, 3.05) is 17.2 Å². The number of rotatable bonds is 5. The van der Waals surface area contributed by atoms with Crippen LogP contribution in [0.15, 0.2) is 30.3 Å². The van der Waals surface area contributed by atoms with Crippen molar-refractivity contribution in [3.63, 3.8) is 0 Å². The highest BCUT2D eigenvalue weighted by molar-refractivity contribution is 14.1. The molecule has 2 rings (SSSR count). The molecule has 110 valence electrons. The molecule has 0 unspecified atom stereocenters.